The van der Waals surface area contributed by atoms with Gasteiger partial charge in [0.2, 0.25) is 0 Å². The molecule has 2 aromatic carbocycles. The van der Waals surface area contributed by atoms with E-state index in [0.29, 0.717) is 0 Å². The van der Waals surface area contributed by atoms with Crippen LogP contribution in [-0.4, -0.2) is 41.6 Å². The van der Waals surface area contributed by atoms with Crippen LogP contribution in [0.2, 0.25) is 0 Å². The summed E-state index contributed by atoms with van der Waals surface area (Å²) in [6.07, 6.45) is 11.9. The molecule has 8 nitrogen and oxygen atoms in total. The van der Waals surface area contributed by atoms with E-state index in [1.807, 2.05) is 33.4 Å². The molecule has 6 heterocycles. The maximum absolute atomic E-state index is 13.2. The molecule has 4 aromatic heterocycles. The molecular weight excluding hydrogens is 586 g/mol. The summed E-state index contributed by atoms with van der Waals surface area (Å²) in [5.74, 6) is 1.23. The first-order valence-electron chi connectivity index (χ1n) is 15.0. The molecule has 6 aromatic rings. The van der Waals surface area contributed by atoms with Crippen molar-refractivity contribution in [3.05, 3.63) is 121 Å². The van der Waals surface area contributed by atoms with Gasteiger partial charge in [-0.2, -0.15) is 0 Å². The van der Waals surface area contributed by atoms with Crippen molar-refractivity contribution in [2.75, 3.05) is 0 Å². The predicted octanol–water partition coefficient (Wildman–Crippen LogP) is 6.87. The fourth-order valence-corrected chi connectivity index (χ4v) is 6.28. The van der Waals surface area contributed by atoms with E-state index in [1.165, 1.54) is 24.3 Å². The van der Waals surface area contributed by atoms with Crippen LogP contribution < -0.4 is 0 Å². The minimum absolute atomic E-state index is 0.199. The fourth-order valence-electron chi connectivity index (χ4n) is 6.28. The van der Waals surface area contributed by atoms with Crippen LogP contribution in [-0.2, 0) is 22.4 Å². The highest BCUT2D eigenvalue weighted by Gasteiger charge is 2.31. The van der Waals surface area contributed by atoms with Gasteiger partial charge in [-0.05, 0) is 85.6 Å². The first-order valence-corrected chi connectivity index (χ1v) is 15.0. The normalized spacial score (nSPS) is 16.3. The summed E-state index contributed by atoms with van der Waals surface area (Å²) >= 11 is 0. The third-order valence-corrected chi connectivity index (χ3v) is 8.42. The first-order chi connectivity index (χ1) is 22.6. The number of aldehydes is 2. The van der Waals surface area contributed by atoms with Crippen LogP contribution in [0.5, 0.6) is 0 Å². The van der Waals surface area contributed by atoms with Crippen LogP contribution in [0, 0.1) is 11.6 Å². The summed E-state index contributed by atoms with van der Waals surface area (Å²) in [5, 5.41) is 0. The monoisotopic (exact) mass is 614 g/mol. The Bertz CT molecular complexity index is 1860. The minimum Gasteiger partial charge on any atom is -0.317 e. The number of hydrogen-bond acceptors (Lipinski definition) is 6. The van der Waals surface area contributed by atoms with E-state index in [9.17, 15) is 18.4 Å². The molecule has 0 N–H and O–H groups in total. The molecule has 228 valence electrons. The molecule has 46 heavy (non-hydrogen) atoms. The van der Waals surface area contributed by atoms with E-state index in [0.717, 1.165) is 94.9 Å². The molecule has 2 aliphatic rings. The van der Waals surface area contributed by atoms with Gasteiger partial charge < -0.3 is 18.7 Å². The van der Waals surface area contributed by atoms with Gasteiger partial charge in [0.25, 0.3) is 0 Å². The number of carbonyl (C=O) groups excluding carboxylic acids is 2. The van der Waals surface area contributed by atoms with Crippen molar-refractivity contribution in [1.82, 2.24) is 29.1 Å². The Balaban J connectivity index is 0.000000147. The third-order valence-electron chi connectivity index (χ3n) is 8.42. The van der Waals surface area contributed by atoms with Gasteiger partial charge in [0, 0.05) is 59.9 Å². The summed E-state index contributed by atoms with van der Waals surface area (Å²) in [7, 11) is 0. The largest absolute Gasteiger partial charge is 0.317 e. The van der Waals surface area contributed by atoms with E-state index in [1.54, 1.807) is 49.1 Å². The van der Waals surface area contributed by atoms with Crippen molar-refractivity contribution in [3.8, 4) is 45.0 Å². The van der Waals surface area contributed by atoms with Crippen LogP contribution in [0.1, 0.15) is 36.6 Å². The van der Waals surface area contributed by atoms with E-state index in [4.69, 9.17) is 9.97 Å². The first kappa shape index (κ1) is 29.1. The second-order valence-electron chi connectivity index (χ2n) is 11.2. The van der Waals surface area contributed by atoms with Gasteiger partial charge in [0.15, 0.2) is 0 Å². The van der Waals surface area contributed by atoms with Crippen LogP contribution in [0.3, 0.4) is 0 Å². The lowest BCUT2D eigenvalue weighted by Crippen LogP contribution is -2.06. The van der Waals surface area contributed by atoms with Crippen molar-refractivity contribution < 1.29 is 18.4 Å². The van der Waals surface area contributed by atoms with Crippen LogP contribution in [0.15, 0.2) is 97.6 Å². The number of aromatic nitrogens is 6. The summed E-state index contributed by atoms with van der Waals surface area (Å²) in [6.45, 7) is 0. The molecule has 0 bridgehead atoms. The zero-order valence-electron chi connectivity index (χ0n) is 24.6. The van der Waals surface area contributed by atoms with Crippen molar-refractivity contribution in [2.45, 2.75) is 37.8 Å². The average molecular weight is 615 g/mol. The molecule has 0 saturated heterocycles. The Morgan fingerprint density at radius 1 is 0.543 bits per heavy atom. The third kappa shape index (κ3) is 5.32. The van der Waals surface area contributed by atoms with E-state index in [2.05, 4.69) is 9.97 Å². The van der Waals surface area contributed by atoms with Crippen molar-refractivity contribution in [1.29, 1.82) is 0 Å². The minimum atomic E-state index is -0.281. The Morgan fingerprint density at radius 3 is 1.26 bits per heavy atom. The van der Waals surface area contributed by atoms with Gasteiger partial charge in [-0.25, -0.2) is 18.7 Å². The predicted molar refractivity (Wildman–Crippen MR) is 169 cm³/mol. The van der Waals surface area contributed by atoms with Gasteiger partial charge in [0.05, 0.1) is 34.9 Å². The number of hydrogen-bond donors (Lipinski definition) is 0. The van der Waals surface area contributed by atoms with E-state index < -0.39 is 0 Å². The van der Waals surface area contributed by atoms with Gasteiger partial charge >= 0.3 is 0 Å². The fraction of sp³-hybridized carbons (Fsp3) is 0.167. The van der Waals surface area contributed by atoms with Crippen molar-refractivity contribution in [2.24, 2.45) is 0 Å². The number of benzene rings is 2. The van der Waals surface area contributed by atoms with Crippen LogP contribution >= 0.6 is 0 Å². The van der Waals surface area contributed by atoms with Crippen molar-refractivity contribution >= 4 is 12.6 Å². The van der Waals surface area contributed by atoms with Gasteiger partial charge in [-0.1, -0.05) is 0 Å². The highest BCUT2D eigenvalue weighted by Crippen LogP contribution is 2.40. The standard InChI is InChI=1S/2C18H14FN3O/c2*19-14-3-1-12(2-4-14)17-18(13-7-9-20-10-8-13)22-15(11-23)5-6-16(22)21-17/h2*1-4,7-11,15H,5-6H2/t2*15-/m10/s1. The molecule has 2 aliphatic heterocycles. The molecule has 0 saturated carbocycles. The topological polar surface area (TPSA) is 95.6 Å². The quantitative estimate of drug-likeness (QED) is 0.190. The van der Waals surface area contributed by atoms with Gasteiger partial charge in [-0.3, -0.25) is 9.97 Å². The lowest BCUT2D eigenvalue weighted by Gasteiger charge is -2.12. The SMILES string of the molecule is O=C[C@@H]1CCc2nc(-c3ccc(F)cc3)c(-c3ccncc3)n21.O=C[C@H]1CCc2nc(-c3ccc(F)cc3)c(-c3ccncc3)n21. The smallest absolute Gasteiger partial charge is 0.142 e. The Morgan fingerprint density at radius 2 is 0.913 bits per heavy atom. The molecule has 0 amide bonds. The molecule has 0 radical (unpaired) electrons. The van der Waals surface area contributed by atoms with Crippen LogP contribution in [0.4, 0.5) is 8.78 Å². The number of pyridine rings is 2. The lowest BCUT2D eigenvalue weighted by molar-refractivity contribution is -0.111. The average Bonchev–Trinajstić information content (AvgIpc) is 3.87. The highest BCUT2D eigenvalue weighted by atomic mass is 19.1. The number of carbonyl (C=O) groups is 2. The molecule has 0 aliphatic carbocycles. The molecule has 0 fully saturated rings. The number of rotatable bonds is 6. The Hall–Kier alpha value is -5.64. The molecule has 2 atom stereocenters. The maximum atomic E-state index is 13.2. The maximum Gasteiger partial charge on any atom is 0.142 e. The summed E-state index contributed by atoms with van der Waals surface area (Å²) in [4.78, 5) is 40.4. The summed E-state index contributed by atoms with van der Waals surface area (Å²) < 4.78 is 30.5. The Kier molecular flexibility index (Phi) is 7.84. The zero-order chi connectivity index (χ0) is 31.6. The second-order valence-corrected chi connectivity index (χ2v) is 11.2. The number of halogens is 2. The lowest BCUT2D eigenvalue weighted by atomic mass is 10.0. The molecule has 0 spiro atoms. The Labute approximate surface area is 263 Å². The summed E-state index contributed by atoms with van der Waals surface area (Å²) in [5.41, 5.74) is 6.91. The van der Waals surface area contributed by atoms with Crippen molar-refractivity contribution in [3.63, 3.8) is 0 Å². The number of aryl methyl sites for hydroxylation is 2. The van der Waals surface area contributed by atoms with Gasteiger partial charge in [0.1, 0.15) is 35.9 Å². The van der Waals surface area contributed by atoms with Crippen LogP contribution in [0.25, 0.3) is 45.0 Å². The van der Waals surface area contributed by atoms with E-state index in [-0.39, 0.29) is 23.7 Å². The molecule has 8 rings (SSSR count). The van der Waals surface area contributed by atoms with Gasteiger partial charge in [-0.15, -0.1) is 0 Å². The molecule has 0 unspecified atom stereocenters. The summed E-state index contributed by atoms with van der Waals surface area (Å²) in [6, 6.07) is 19.8. The molecule has 10 heteroatoms. The van der Waals surface area contributed by atoms with E-state index >= 15 is 0 Å². The zero-order valence-corrected chi connectivity index (χ0v) is 24.6. The number of imidazole rings is 2. The second kappa shape index (κ2) is 12.4. The highest BCUT2D eigenvalue weighted by molar-refractivity contribution is 5.81. The number of fused-ring (bicyclic) bond motifs is 2. The molecular formula is C36H28F2N6O2. The number of nitrogens with zero attached hydrogens (tertiary/aromatic N) is 6.